The summed E-state index contributed by atoms with van der Waals surface area (Å²) < 4.78 is 0. The van der Waals surface area contributed by atoms with Gasteiger partial charge in [0.2, 0.25) is 0 Å². The molecule has 2 atom stereocenters. The molecule has 0 spiro atoms. The molecule has 9 heteroatoms. The molecule has 3 N–H and O–H groups in total. The smallest absolute Gasteiger partial charge is 0.286 e. The molecule has 0 aliphatic heterocycles. The second-order valence-electron chi connectivity index (χ2n) is 11.5. The minimum atomic E-state index is -0.417. The lowest BCUT2D eigenvalue weighted by molar-refractivity contribution is -0.115. The highest BCUT2D eigenvalue weighted by Crippen LogP contribution is 2.20. The van der Waals surface area contributed by atoms with Crippen LogP contribution in [-0.2, 0) is 9.59 Å². The van der Waals surface area contributed by atoms with Gasteiger partial charge in [-0.05, 0) is 74.8 Å². The highest BCUT2D eigenvalue weighted by Gasteiger charge is 2.22. The van der Waals surface area contributed by atoms with Gasteiger partial charge >= 0.3 is 0 Å². The number of rotatable bonds is 21. The average molecular weight is 611 g/mol. The zero-order valence-electron chi connectivity index (χ0n) is 28.4. The Morgan fingerprint density at radius 3 is 2.11 bits per heavy atom. The molecule has 246 valence electrons. The normalized spacial score (nSPS) is 13.0. The summed E-state index contributed by atoms with van der Waals surface area (Å²) in [6, 6.07) is 9.33. The number of nitrogens with one attached hydrogen (secondary N) is 3. The van der Waals surface area contributed by atoms with Gasteiger partial charge in [0.05, 0.1) is 11.8 Å². The van der Waals surface area contributed by atoms with Crippen LogP contribution in [0.4, 0.5) is 5.69 Å². The number of anilines is 1. The Morgan fingerprint density at radius 1 is 0.932 bits per heavy atom. The van der Waals surface area contributed by atoms with Gasteiger partial charge in [-0.1, -0.05) is 79.6 Å². The standard InChI is InChI=1S/C34H56N6O2.CH2O/c1-8-12-15-22-36-39-33(41)32(28(7)27(6)23-35)38-37-31-20-18-30(19-21-31)34(42)40(24-26(5)16-13-9-2)25-29(11-4)17-14-10-3;1-2/h18-21,26,29,36-37H,8-17,22,24-25H2,1-7H3,(H,39,41);1H2/b28-27+,38-32-;. The predicted molar refractivity (Wildman–Crippen MR) is 182 cm³/mol. The van der Waals surface area contributed by atoms with Crippen LogP contribution in [0.1, 0.15) is 123 Å². The maximum absolute atomic E-state index is 13.7. The van der Waals surface area contributed by atoms with E-state index in [0.717, 1.165) is 58.0 Å². The third kappa shape index (κ3) is 15.8. The molecule has 44 heavy (non-hydrogen) atoms. The minimum Gasteiger partial charge on any atom is -0.338 e. The SMILES string of the molecule is C=O.CCCCCNNC(=O)C(=N\Nc1ccc(C(=O)N(CC(C)CCCC)CC(CC)CCCC)cc1)/C(C)=C(\C)C#N. The molecule has 9 nitrogen and oxygen atoms in total. The first kappa shape index (κ1) is 40.5. The van der Waals surface area contributed by atoms with Crippen LogP contribution in [0.2, 0.25) is 0 Å². The molecule has 0 saturated heterocycles. The summed E-state index contributed by atoms with van der Waals surface area (Å²) >= 11 is 0. The number of nitrogens with zero attached hydrogens (tertiary/aromatic N) is 3. The first-order valence-corrected chi connectivity index (χ1v) is 16.3. The summed E-state index contributed by atoms with van der Waals surface area (Å²) in [5.74, 6) is 0.591. The van der Waals surface area contributed by atoms with E-state index in [9.17, 15) is 14.9 Å². The van der Waals surface area contributed by atoms with Gasteiger partial charge in [-0.25, -0.2) is 5.43 Å². The van der Waals surface area contributed by atoms with Crippen molar-refractivity contribution in [3.05, 3.63) is 41.0 Å². The van der Waals surface area contributed by atoms with Crippen LogP contribution >= 0.6 is 0 Å². The van der Waals surface area contributed by atoms with Crippen molar-refractivity contribution in [3.8, 4) is 6.07 Å². The predicted octanol–water partition coefficient (Wildman–Crippen LogP) is 7.43. The lowest BCUT2D eigenvalue weighted by atomic mass is 9.97. The number of hydrogen-bond acceptors (Lipinski definition) is 7. The molecule has 0 bridgehead atoms. The quantitative estimate of drug-likeness (QED) is 0.0575. The lowest BCUT2D eigenvalue weighted by Gasteiger charge is -2.30. The van der Waals surface area contributed by atoms with E-state index in [0.29, 0.717) is 40.8 Å². The van der Waals surface area contributed by atoms with Crippen LogP contribution in [0.5, 0.6) is 0 Å². The fourth-order valence-corrected chi connectivity index (χ4v) is 4.71. The molecule has 2 amide bonds. The second-order valence-corrected chi connectivity index (χ2v) is 11.5. The van der Waals surface area contributed by atoms with Crippen LogP contribution in [0, 0.1) is 23.2 Å². The monoisotopic (exact) mass is 610 g/mol. The average Bonchev–Trinajstić information content (AvgIpc) is 3.05. The van der Waals surface area contributed by atoms with Gasteiger partial charge in [0.25, 0.3) is 11.8 Å². The van der Waals surface area contributed by atoms with Gasteiger partial charge in [-0.2, -0.15) is 10.4 Å². The molecule has 0 radical (unpaired) electrons. The first-order chi connectivity index (χ1) is 21.2. The van der Waals surface area contributed by atoms with E-state index in [1.165, 1.54) is 19.3 Å². The van der Waals surface area contributed by atoms with Crippen LogP contribution in [-0.4, -0.2) is 48.8 Å². The van der Waals surface area contributed by atoms with Gasteiger partial charge in [0.15, 0.2) is 5.71 Å². The Balaban J connectivity index is 0.00000904. The van der Waals surface area contributed by atoms with E-state index < -0.39 is 5.91 Å². The molecule has 0 aliphatic rings. The molecular weight excluding hydrogens is 552 g/mol. The summed E-state index contributed by atoms with van der Waals surface area (Å²) in [4.78, 5) is 36.6. The zero-order chi connectivity index (χ0) is 33.3. The number of allylic oxidation sites excluding steroid dienone is 1. The summed E-state index contributed by atoms with van der Waals surface area (Å²) in [6.45, 7) is 18.6. The molecule has 1 rings (SSSR count). The largest absolute Gasteiger partial charge is 0.338 e. The lowest BCUT2D eigenvalue weighted by Crippen LogP contribution is -2.42. The second kappa shape index (κ2) is 24.9. The number of carbonyl (C=O) groups is 3. The number of unbranched alkanes of at least 4 members (excludes halogenated alkanes) is 4. The van der Waals surface area contributed by atoms with E-state index in [-0.39, 0.29) is 11.6 Å². The Bertz CT molecular complexity index is 1060. The van der Waals surface area contributed by atoms with E-state index in [1.807, 2.05) is 18.9 Å². The maximum Gasteiger partial charge on any atom is 0.286 e. The summed E-state index contributed by atoms with van der Waals surface area (Å²) in [5.41, 5.74) is 10.9. The van der Waals surface area contributed by atoms with Crippen molar-refractivity contribution in [1.82, 2.24) is 15.8 Å². The van der Waals surface area contributed by atoms with E-state index in [4.69, 9.17) is 4.79 Å². The summed E-state index contributed by atoms with van der Waals surface area (Å²) in [5, 5.41) is 13.7. The maximum atomic E-state index is 13.7. The first-order valence-electron chi connectivity index (χ1n) is 16.3. The van der Waals surface area contributed by atoms with Crippen molar-refractivity contribution >= 4 is 30.0 Å². The van der Waals surface area contributed by atoms with Crippen molar-refractivity contribution in [3.63, 3.8) is 0 Å². The summed E-state index contributed by atoms with van der Waals surface area (Å²) in [7, 11) is 0. The van der Waals surface area contributed by atoms with Gasteiger partial charge in [0, 0.05) is 30.8 Å². The Labute approximate surface area is 266 Å². The van der Waals surface area contributed by atoms with E-state index >= 15 is 0 Å². The topological polar surface area (TPSA) is 127 Å². The fourth-order valence-electron chi connectivity index (χ4n) is 4.71. The molecule has 0 fully saturated rings. The highest BCUT2D eigenvalue weighted by atomic mass is 16.2. The molecule has 0 heterocycles. The number of benzene rings is 1. The van der Waals surface area contributed by atoms with Crippen LogP contribution < -0.4 is 16.3 Å². The van der Waals surface area contributed by atoms with Crippen LogP contribution in [0.15, 0.2) is 40.5 Å². The molecular formula is C35H58N6O3. The zero-order valence-corrected chi connectivity index (χ0v) is 28.4. The van der Waals surface area contributed by atoms with Gasteiger partial charge in [-0.15, -0.1) is 0 Å². The number of hydrazine groups is 1. The van der Waals surface area contributed by atoms with Crippen LogP contribution in [0.25, 0.3) is 0 Å². The molecule has 2 unspecified atom stereocenters. The van der Waals surface area contributed by atoms with Crippen molar-refractivity contribution < 1.29 is 14.4 Å². The Morgan fingerprint density at radius 2 is 1.55 bits per heavy atom. The van der Waals surface area contributed by atoms with Gasteiger partial charge < -0.3 is 9.69 Å². The molecule has 0 aromatic heterocycles. The van der Waals surface area contributed by atoms with Crippen LogP contribution in [0.3, 0.4) is 0 Å². The van der Waals surface area contributed by atoms with Crippen molar-refractivity contribution in [2.75, 3.05) is 25.1 Å². The highest BCUT2D eigenvalue weighted by molar-refractivity contribution is 6.45. The Kier molecular flexibility index (Phi) is 22.9. The fraction of sp³-hybridized carbons (Fsp3) is 0.629. The number of amides is 2. The number of carbonyl (C=O) groups excluding carboxylic acids is 3. The van der Waals surface area contributed by atoms with Crippen molar-refractivity contribution in [2.45, 2.75) is 113 Å². The van der Waals surface area contributed by atoms with Gasteiger partial charge in [-0.3, -0.25) is 20.4 Å². The minimum absolute atomic E-state index is 0.0565. The van der Waals surface area contributed by atoms with E-state index in [2.05, 4.69) is 67.0 Å². The number of hydrogen-bond donors (Lipinski definition) is 3. The summed E-state index contributed by atoms with van der Waals surface area (Å²) in [6.07, 6.45) is 11.1. The van der Waals surface area contributed by atoms with Crippen molar-refractivity contribution in [2.24, 2.45) is 16.9 Å². The molecule has 0 aliphatic carbocycles. The molecule has 0 saturated carbocycles. The van der Waals surface area contributed by atoms with Gasteiger partial charge in [0.1, 0.15) is 6.79 Å². The number of hydrazone groups is 1. The Hall–Kier alpha value is -3.51. The van der Waals surface area contributed by atoms with E-state index in [1.54, 1.807) is 26.0 Å². The third-order valence-electron chi connectivity index (χ3n) is 7.73. The number of nitriles is 1. The third-order valence-corrected chi connectivity index (χ3v) is 7.73. The van der Waals surface area contributed by atoms with Crippen molar-refractivity contribution in [1.29, 1.82) is 5.26 Å². The molecule has 1 aromatic rings. The molecule has 1 aromatic carbocycles.